The number of carboxylic acids is 1. The average molecular weight is 328 g/mol. The molecular weight excluding hydrogens is 309 g/mol. The third-order valence-corrected chi connectivity index (χ3v) is 2.99. The van der Waals surface area contributed by atoms with Gasteiger partial charge in [0.05, 0.1) is 13.7 Å². The number of halogens is 3. The van der Waals surface area contributed by atoms with Gasteiger partial charge in [-0.15, -0.1) is 0 Å². The second-order valence-corrected chi connectivity index (χ2v) is 4.66. The Morgan fingerprint density at radius 1 is 1.23 bits per heavy atom. The molecule has 7 nitrogen and oxygen atoms in total. The molecule has 0 aromatic heterocycles. The molecule has 1 rings (SSSR count). The van der Waals surface area contributed by atoms with Crippen molar-refractivity contribution in [3.8, 4) is 0 Å². The van der Waals surface area contributed by atoms with Crippen molar-refractivity contribution in [3.05, 3.63) is 0 Å². The topological polar surface area (TPSA) is 105 Å². The summed E-state index contributed by atoms with van der Waals surface area (Å²) >= 11 is 0. The van der Waals surface area contributed by atoms with Crippen LogP contribution < -0.4 is 10.6 Å². The molecule has 1 aliphatic carbocycles. The number of carbonyl (C=O) groups is 3. The maximum Gasteiger partial charge on any atom is 0.490 e. The van der Waals surface area contributed by atoms with Crippen molar-refractivity contribution in [1.82, 2.24) is 10.6 Å². The van der Waals surface area contributed by atoms with E-state index in [0.717, 1.165) is 12.8 Å². The number of hydrogen-bond donors (Lipinski definition) is 3. The highest BCUT2D eigenvalue weighted by Gasteiger charge is 2.43. The normalized spacial score (nSPS) is 16.2. The average Bonchev–Trinajstić information content (AvgIpc) is 2.87. The summed E-state index contributed by atoms with van der Waals surface area (Å²) in [5.74, 6) is -3.25. The van der Waals surface area contributed by atoms with Crippen molar-refractivity contribution in [1.29, 1.82) is 0 Å². The monoisotopic (exact) mass is 328 g/mol. The molecule has 1 saturated carbocycles. The van der Waals surface area contributed by atoms with Crippen LogP contribution in [0, 0.1) is 0 Å². The highest BCUT2D eigenvalue weighted by molar-refractivity contribution is 5.89. The zero-order valence-electron chi connectivity index (χ0n) is 12.2. The highest BCUT2D eigenvalue weighted by Crippen LogP contribution is 2.30. The predicted molar refractivity (Wildman–Crippen MR) is 69.0 cm³/mol. The van der Waals surface area contributed by atoms with Gasteiger partial charge in [-0.2, -0.15) is 13.2 Å². The molecule has 0 saturated heterocycles. The number of rotatable bonds is 4. The van der Waals surface area contributed by atoms with Crippen LogP contribution in [-0.2, 0) is 19.1 Å². The molecule has 0 unspecified atom stereocenters. The minimum Gasteiger partial charge on any atom is -0.475 e. The van der Waals surface area contributed by atoms with Crippen LogP contribution in [0.4, 0.5) is 13.2 Å². The van der Waals surface area contributed by atoms with Crippen molar-refractivity contribution in [2.24, 2.45) is 0 Å². The second kappa shape index (κ2) is 8.57. The number of nitrogens with one attached hydrogen (secondary N) is 2. The summed E-state index contributed by atoms with van der Waals surface area (Å²) in [5, 5.41) is 12.6. The fraction of sp³-hybridized carbons (Fsp3) is 0.750. The molecule has 0 aromatic carbocycles. The fourth-order valence-corrected chi connectivity index (χ4v) is 2.03. The standard InChI is InChI=1S/C10H18N2O3.C2HF3O2/c1-11-7-8(13)12-10(9(14)15-2)5-3-4-6-10;3-2(4,5)1(6)7/h11H,3-7H2,1-2H3,(H,12,13);(H,6,7). The number of esters is 1. The molecule has 1 amide bonds. The number of likely N-dealkylation sites (N-methyl/N-ethyl adjacent to an activating group) is 1. The lowest BCUT2D eigenvalue weighted by Crippen LogP contribution is -2.54. The molecular formula is C12H19F3N2O5. The number of aliphatic carboxylic acids is 1. The summed E-state index contributed by atoms with van der Waals surface area (Å²) in [6.45, 7) is 0.221. The van der Waals surface area contributed by atoms with Gasteiger partial charge in [0.1, 0.15) is 5.54 Å². The van der Waals surface area contributed by atoms with Crippen LogP contribution in [-0.4, -0.2) is 55.4 Å². The summed E-state index contributed by atoms with van der Waals surface area (Å²) in [6.07, 6.45) is -1.83. The van der Waals surface area contributed by atoms with Gasteiger partial charge in [-0.3, -0.25) is 4.79 Å². The molecule has 1 fully saturated rings. The first-order valence-electron chi connectivity index (χ1n) is 6.43. The third-order valence-electron chi connectivity index (χ3n) is 2.99. The van der Waals surface area contributed by atoms with E-state index in [-0.39, 0.29) is 18.4 Å². The number of hydrogen-bond acceptors (Lipinski definition) is 5. The van der Waals surface area contributed by atoms with E-state index in [4.69, 9.17) is 14.6 Å². The summed E-state index contributed by atoms with van der Waals surface area (Å²) in [5.41, 5.74) is -0.775. The maximum atomic E-state index is 11.6. The lowest BCUT2D eigenvalue weighted by atomic mass is 9.98. The number of ether oxygens (including phenoxy) is 1. The first-order valence-corrected chi connectivity index (χ1v) is 6.43. The minimum absolute atomic E-state index is 0.162. The zero-order chi connectivity index (χ0) is 17.4. The van der Waals surface area contributed by atoms with Crippen LogP contribution in [0.1, 0.15) is 25.7 Å². The summed E-state index contributed by atoms with van der Waals surface area (Å²) in [6, 6.07) is 0. The smallest absolute Gasteiger partial charge is 0.475 e. The molecule has 1 aliphatic rings. The number of alkyl halides is 3. The Labute approximate surface area is 125 Å². The van der Waals surface area contributed by atoms with E-state index < -0.39 is 17.7 Å². The summed E-state index contributed by atoms with van der Waals surface area (Å²) in [7, 11) is 3.05. The second-order valence-electron chi connectivity index (χ2n) is 4.66. The number of carbonyl (C=O) groups excluding carboxylic acids is 2. The molecule has 0 spiro atoms. The van der Waals surface area contributed by atoms with E-state index in [9.17, 15) is 22.8 Å². The van der Waals surface area contributed by atoms with Gasteiger partial charge in [0.15, 0.2) is 0 Å². The highest BCUT2D eigenvalue weighted by atomic mass is 19.4. The van der Waals surface area contributed by atoms with Gasteiger partial charge >= 0.3 is 18.1 Å². The molecule has 0 aliphatic heterocycles. The number of carboxylic acid groups (broad SMARTS) is 1. The SMILES string of the molecule is CNCC(=O)NC1(C(=O)OC)CCCC1.O=C(O)C(F)(F)F. The van der Waals surface area contributed by atoms with Crippen molar-refractivity contribution in [2.75, 3.05) is 20.7 Å². The molecule has 22 heavy (non-hydrogen) atoms. The first kappa shape index (κ1) is 20.2. The van der Waals surface area contributed by atoms with Crippen LogP contribution in [0.3, 0.4) is 0 Å². The van der Waals surface area contributed by atoms with Crippen molar-refractivity contribution >= 4 is 17.8 Å². The Morgan fingerprint density at radius 3 is 2.00 bits per heavy atom. The molecule has 0 radical (unpaired) electrons. The number of amides is 1. The van der Waals surface area contributed by atoms with E-state index >= 15 is 0 Å². The van der Waals surface area contributed by atoms with Crippen LogP contribution in [0.25, 0.3) is 0 Å². The van der Waals surface area contributed by atoms with Crippen molar-refractivity contribution < 1.29 is 37.4 Å². The predicted octanol–water partition coefficient (Wildman–Crippen LogP) is 0.441. The summed E-state index contributed by atoms with van der Waals surface area (Å²) in [4.78, 5) is 32.0. The molecule has 0 aromatic rings. The van der Waals surface area contributed by atoms with E-state index in [1.807, 2.05) is 0 Å². The zero-order valence-corrected chi connectivity index (χ0v) is 12.2. The fourth-order valence-electron chi connectivity index (χ4n) is 2.03. The van der Waals surface area contributed by atoms with Crippen LogP contribution in [0.15, 0.2) is 0 Å². The van der Waals surface area contributed by atoms with Gasteiger partial charge in [0.25, 0.3) is 0 Å². The maximum absolute atomic E-state index is 11.6. The Kier molecular flexibility index (Phi) is 7.85. The van der Waals surface area contributed by atoms with Gasteiger partial charge in [-0.05, 0) is 19.9 Å². The lowest BCUT2D eigenvalue weighted by Gasteiger charge is -2.27. The van der Waals surface area contributed by atoms with Crippen LogP contribution >= 0.6 is 0 Å². The molecule has 3 N–H and O–H groups in total. The van der Waals surface area contributed by atoms with Gasteiger partial charge in [-0.1, -0.05) is 12.8 Å². The molecule has 0 bridgehead atoms. The Hall–Kier alpha value is -1.84. The molecule has 0 atom stereocenters. The molecule has 10 heteroatoms. The van der Waals surface area contributed by atoms with Crippen molar-refractivity contribution in [2.45, 2.75) is 37.4 Å². The molecule has 0 heterocycles. The number of methoxy groups -OCH3 is 1. The summed E-state index contributed by atoms with van der Waals surface area (Å²) < 4.78 is 36.5. The van der Waals surface area contributed by atoms with Crippen molar-refractivity contribution in [3.63, 3.8) is 0 Å². The van der Waals surface area contributed by atoms with E-state index in [1.54, 1.807) is 7.05 Å². The molecule has 128 valence electrons. The van der Waals surface area contributed by atoms with Crippen LogP contribution in [0.5, 0.6) is 0 Å². The quantitative estimate of drug-likeness (QED) is 0.647. The van der Waals surface area contributed by atoms with Gasteiger partial charge in [0, 0.05) is 0 Å². The Morgan fingerprint density at radius 2 is 1.68 bits per heavy atom. The van der Waals surface area contributed by atoms with E-state index in [0.29, 0.717) is 12.8 Å². The van der Waals surface area contributed by atoms with Gasteiger partial charge < -0.3 is 20.5 Å². The lowest BCUT2D eigenvalue weighted by molar-refractivity contribution is -0.192. The largest absolute Gasteiger partial charge is 0.490 e. The third kappa shape index (κ3) is 6.29. The van der Waals surface area contributed by atoms with Gasteiger partial charge in [0.2, 0.25) is 5.91 Å². The Balaban J connectivity index is 0.000000534. The van der Waals surface area contributed by atoms with Gasteiger partial charge in [-0.25, -0.2) is 9.59 Å². The Bertz CT molecular complexity index is 406. The van der Waals surface area contributed by atoms with Crippen LogP contribution in [0.2, 0.25) is 0 Å². The van der Waals surface area contributed by atoms with E-state index in [1.165, 1.54) is 7.11 Å². The minimum atomic E-state index is -5.08. The van der Waals surface area contributed by atoms with E-state index in [2.05, 4.69) is 10.6 Å². The first-order chi connectivity index (χ1) is 10.1.